The summed E-state index contributed by atoms with van der Waals surface area (Å²) in [6.45, 7) is 3.48. The van der Waals surface area contributed by atoms with E-state index in [-0.39, 0.29) is 0 Å². The van der Waals surface area contributed by atoms with Gasteiger partial charge >= 0.3 is 0 Å². The first kappa shape index (κ1) is 12.7. The van der Waals surface area contributed by atoms with Crippen LogP contribution in [0.4, 0.5) is 11.4 Å². The summed E-state index contributed by atoms with van der Waals surface area (Å²) in [5.74, 6) is 0.837. The molecule has 1 heterocycles. The lowest BCUT2D eigenvalue weighted by Crippen LogP contribution is -2.16. The number of nitrogens with zero attached hydrogens (tertiary/aromatic N) is 1. The fraction of sp³-hybridized carbons (Fsp3) is 0.538. The molecule has 3 nitrogen and oxygen atoms in total. The standard InChI is InChI=1S/C13H20BrN3/c1-17-7-5-10(9-17)4-6-16-13-3-2-11(14)8-12(13)15/h2-3,8,10,16H,4-7,9,15H2,1H3. The van der Waals surface area contributed by atoms with E-state index in [2.05, 4.69) is 33.2 Å². The molecule has 0 radical (unpaired) electrons. The van der Waals surface area contributed by atoms with Gasteiger partial charge in [0.2, 0.25) is 0 Å². The largest absolute Gasteiger partial charge is 0.397 e. The van der Waals surface area contributed by atoms with E-state index in [0.717, 1.165) is 28.3 Å². The number of nitrogens with two attached hydrogens (primary N) is 1. The van der Waals surface area contributed by atoms with E-state index >= 15 is 0 Å². The Kier molecular flexibility index (Phi) is 4.29. The van der Waals surface area contributed by atoms with Crippen molar-refractivity contribution in [3.63, 3.8) is 0 Å². The summed E-state index contributed by atoms with van der Waals surface area (Å²) >= 11 is 3.41. The van der Waals surface area contributed by atoms with Crippen molar-refractivity contribution in [3.05, 3.63) is 22.7 Å². The predicted octanol–water partition coefficient (Wildman–Crippen LogP) is 2.79. The van der Waals surface area contributed by atoms with Crippen LogP contribution in [0.5, 0.6) is 0 Å². The highest BCUT2D eigenvalue weighted by Gasteiger charge is 2.18. The van der Waals surface area contributed by atoms with Crippen LogP contribution < -0.4 is 11.1 Å². The molecule has 0 aromatic heterocycles. The van der Waals surface area contributed by atoms with Gasteiger partial charge in [-0.05, 0) is 50.6 Å². The van der Waals surface area contributed by atoms with Crippen LogP contribution in [0, 0.1) is 5.92 Å². The summed E-state index contributed by atoms with van der Waals surface area (Å²) in [5.41, 5.74) is 7.79. The molecule has 1 aliphatic rings. The fourth-order valence-electron chi connectivity index (χ4n) is 2.37. The van der Waals surface area contributed by atoms with Gasteiger partial charge in [-0.15, -0.1) is 0 Å². The van der Waals surface area contributed by atoms with Crippen molar-refractivity contribution < 1.29 is 0 Å². The van der Waals surface area contributed by atoms with Gasteiger partial charge < -0.3 is 16.0 Å². The lowest BCUT2D eigenvalue weighted by atomic mass is 10.1. The topological polar surface area (TPSA) is 41.3 Å². The van der Waals surface area contributed by atoms with Gasteiger partial charge in [-0.2, -0.15) is 0 Å². The number of rotatable bonds is 4. The minimum Gasteiger partial charge on any atom is -0.397 e. The average molecular weight is 298 g/mol. The summed E-state index contributed by atoms with van der Waals surface area (Å²) < 4.78 is 1.03. The molecule has 1 aromatic carbocycles. The SMILES string of the molecule is CN1CCC(CCNc2ccc(Br)cc2N)C1. The maximum atomic E-state index is 5.94. The monoisotopic (exact) mass is 297 g/mol. The van der Waals surface area contributed by atoms with E-state index in [0.29, 0.717) is 0 Å². The normalized spacial score (nSPS) is 20.7. The average Bonchev–Trinajstić information content (AvgIpc) is 2.68. The fourth-order valence-corrected chi connectivity index (χ4v) is 2.75. The number of halogens is 1. The number of nitrogen functional groups attached to an aromatic ring is 1. The maximum Gasteiger partial charge on any atom is 0.0574 e. The van der Waals surface area contributed by atoms with Crippen molar-refractivity contribution in [2.24, 2.45) is 5.92 Å². The third kappa shape index (κ3) is 3.61. The Morgan fingerprint density at radius 1 is 1.53 bits per heavy atom. The van der Waals surface area contributed by atoms with E-state index in [1.54, 1.807) is 0 Å². The Hall–Kier alpha value is -0.740. The second kappa shape index (κ2) is 5.74. The Bertz CT molecular complexity index is 381. The zero-order valence-corrected chi connectivity index (χ0v) is 11.8. The van der Waals surface area contributed by atoms with Crippen LogP contribution in [-0.4, -0.2) is 31.6 Å². The second-order valence-electron chi connectivity index (χ2n) is 4.86. The lowest BCUT2D eigenvalue weighted by molar-refractivity contribution is 0.390. The van der Waals surface area contributed by atoms with Gasteiger partial charge in [-0.1, -0.05) is 15.9 Å². The van der Waals surface area contributed by atoms with E-state index in [1.807, 2.05) is 18.2 Å². The number of anilines is 2. The smallest absolute Gasteiger partial charge is 0.0574 e. The molecule has 0 saturated carbocycles. The summed E-state index contributed by atoms with van der Waals surface area (Å²) in [6.07, 6.45) is 2.55. The molecule has 17 heavy (non-hydrogen) atoms. The van der Waals surface area contributed by atoms with Crippen LogP contribution in [0.25, 0.3) is 0 Å². The summed E-state index contributed by atoms with van der Waals surface area (Å²) in [6, 6.07) is 5.98. The highest BCUT2D eigenvalue weighted by atomic mass is 79.9. The molecule has 0 aliphatic carbocycles. The molecular weight excluding hydrogens is 278 g/mol. The van der Waals surface area contributed by atoms with Gasteiger partial charge in [-0.3, -0.25) is 0 Å². The van der Waals surface area contributed by atoms with Crippen LogP contribution in [0.15, 0.2) is 22.7 Å². The number of benzene rings is 1. The minimum atomic E-state index is 0.808. The highest BCUT2D eigenvalue weighted by Crippen LogP contribution is 2.24. The molecule has 1 atom stereocenters. The van der Waals surface area contributed by atoms with Crippen molar-refractivity contribution in [1.82, 2.24) is 4.90 Å². The van der Waals surface area contributed by atoms with Crippen LogP contribution in [0.2, 0.25) is 0 Å². The quantitative estimate of drug-likeness (QED) is 0.840. The molecule has 1 aromatic rings. The first-order valence-corrected chi connectivity index (χ1v) is 6.92. The number of hydrogen-bond donors (Lipinski definition) is 2. The van der Waals surface area contributed by atoms with Crippen molar-refractivity contribution >= 4 is 27.3 Å². The van der Waals surface area contributed by atoms with E-state index in [9.17, 15) is 0 Å². The van der Waals surface area contributed by atoms with Crippen LogP contribution in [0.3, 0.4) is 0 Å². The molecule has 0 bridgehead atoms. The van der Waals surface area contributed by atoms with Gasteiger partial charge in [0.25, 0.3) is 0 Å². The van der Waals surface area contributed by atoms with Crippen molar-refractivity contribution in [3.8, 4) is 0 Å². The molecule has 3 N–H and O–H groups in total. The zero-order chi connectivity index (χ0) is 12.3. The third-order valence-corrected chi connectivity index (χ3v) is 3.86. The Morgan fingerprint density at radius 2 is 2.35 bits per heavy atom. The van der Waals surface area contributed by atoms with E-state index in [4.69, 9.17) is 5.73 Å². The Morgan fingerprint density at radius 3 is 3.00 bits per heavy atom. The summed E-state index contributed by atoms with van der Waals surface area (Å²) in [5, 5.41) is 3.42. The predicted molar refractivity (Wildman–Crippen MR) is 77.3 cm³/mol. The Balaban J connectivity index is 1.78. The van der Waals surface area contributed by atoms with E-state index < -0.39 is 0 Å². The Labute approximate surface area is 111 Å². The molecule has 4 heteroatoms. The molecule has 0 amide bonds. The number of nitrogens with one attached hydrogen (secondary N) is 1. The van der Waals surface area contributed by atoms with Gasteiger partial charge in [0.15, 0.2) is 0 Å². The molecule has 1 fully saturated rings. The van der Waals surface area contributed by atoms with Gasteiger partial charge in [0.05, 0.1) is 11.4 Å². The van der Waals surface area contributed by atoms with Crippen molar-refractivity contribution in [1.29, 1.82) is 0 Å². The third-order valence-electron chi connectivity index (χ3n) is 3.37. The molecule has 0 spiro atoms. The minimum absolute atomic E-state index is 0.808. The molecule has 1 aliphatic heterocycles. The second-order valence-corrected chi connectivity index (χ2v) is 5.78. The molecular formula is C13H20BrN3. The van der Waals surface area contributed by atoms with E-state index in [1.165, 1.54) is 25.9 Å². The summed E-state index contributed by atoms with van der Waals surface area (Å²) in [4.78, 5) is 2.40. The van der Waals surface area contributed by atoms with Crippen LogP contribution in [0.1, 0.15) is 12.8 Å². The highest BCUT2D eigenvalue weighted by molar-refractivity contribution is 9.10. The first-order valence-electron chi connectivity index (χ1n) is 6.12. The van der Waals surface area contributed by atoms with Gasteiger partial charge in [-0.25, -0.2) is 0 Å². The van der Waals surface area contributed by atoms with Crippen molar-refractivity contribution in [2.45, 2.75) is 12.8 Å². The van der Waals surface area contributed by atoms with Crippen LogP contribution >= 0.6 is 15.9 Å². The number of hydrogen-bond acceptors (Lipinski definition) is 3. The van der Waals surface area contributed by atoms with Gasteiger partial charge in [0, 0.05) is 17.6 Å². The number of likely N-dealkylation sites (tertiary alicyclic amines) is 1. The first-order chi connectivity index (χ1) is 8.15. The lowest BCUT2D eigenvalue weighted by Gasteiger charge is -2.13. The molecule has 1 saturated heterocycles. The van der Waals surface area contributed by atoms with Crippen molar-refractivity contribution in [2.75, 3.05) is 37.7 Å². The summed E-state index contributed by atoms with van der Waals surface area (Å²) in [7, 11) is 2.19. The molecule has 94 valence electrons. The van der Waals surface area contributed by atoms with Crippen LogP contribution in [-0.2, 0) is 0 Å². The van der Waals surface area contributed by atoms with Gasteiger partial charge in [0.1, 0.15) is 0 Å². The molecule has 2 rings (SSSR count). The maximum absolute atomic E-state index is 5.94. The molecule has 1 unspecified atom stereocenters. The zero-order valence-electron chi connectivity index (χ0n) is 10.2.